The first-order valence-corrected chi connectivity index (χ1v) is 12.5. The van der Waals surface area contributed by atoms with Crippen LogP contribution < -0.4 is 20.1 Å². The monoisotopic (exact) mass is 529 g/mol. The van der Waals surface area contributed by atoms with Gasteiger partial charge in [-0.25, -0.2) is 0 Å². The maximum absolute atomic E-state index is 12.4. The molecule has 36 heavy (non-hydrogen) atoms. The fraction of sp³-hybridized carbons (Fsp3) is 0.280. The molecule has 190 valence electrons. The Morgan fingerprint density at radius 2 is 1.89 bits per heavy atom. The van der Waals surface area contributed by atoms with Crippen molar-refractivity contribution in [2.24, 2.45) is 0 Å². The summed E-state index contributed by atoms with van der Waals surface area (Å²) >= 11 is 7.25. The Morgan fingerprint density at radius 3 is 2.58 bits per heavy atom. The number of carbonyl (C=O) groups is 2. The van der Waals surface area contributed by atoms with Gasteiger partial charge in [-0.1, -0.05) is 29.4 Å². The molecule has 0 unspecified atom stereocenters. The molecule has 0 bridgehead atoms. The second-order valence-electron chi connectivity index (χ2n) is 7.60. The van der Waals surface area contributed by atoms with Gasteiger partial charge in [0.05, 0.1) is 26.5 Å². The quantitative estimate of drug-likeness (QED) is 0.281. The molecule has 9 nitrogen and oxygen atoms in total. The lowest BCUT2D eigenvalue weighted by molar-refractivity contribution is -0.116. The van der Waals surface area contributed by atoms with E-state index >= 15 is 0 Å². The number of hydrogen-bond donors (Lipinski definition) is 2. The number of methoxy groups -OCH3 is 2. The molecular weight excluding hydrogens is 502 g/mol. The Kier molecular flexibility index (Phi) is 9.77. The van der Waals surface area contributed by atoms with Crippen molar-refractivity contribution in [3.63, 3.8) is 0 Å². The fourth-order valence-corrected chi connectivity index (χ4v) is 4.36. The second kappa shape index (κ2) is 13.0. The topological polar surface area (TPSA) is 107 Å². The van der Waals surface area contributed by atoms with Crippen LogP contribution >= 0.6 is 23.4 Å². The van der Waals surface area contributed by atoms with E-state index in [0.29, 0.717) is 39.7 Å². The molecule has 3 rings (SSSR count). The Bertz CT molecular complexity index is 1260. The predicted octanol–water partition coefficient (Wildman–Crippen LogP) is 4.34. The summed E-state index contributed by atoms with van der Waals surface area (Å²) in [6, 6.07) is 10.7. The summed E-state index contributed by atoms with van der Waals surface area (Å²) in [6.45, 7) is 4.63. The van der Waals surface area contributed by atoms with Crippen LogP contribution in [0.5, 0.6) is 11.5 Å². The first-order valence-electron chi connectivity index (χ1n) is 11.1. The highest BCUT2D eigenvalue weighted by molar-refractivity contribution is 7.99. The Morgan fingerprint density at radius 1 is 1.11 bits per heavy atom. The largest absolute Gasteiger partial charge is 0.493 e. The highest BCUT2D eigenvalue weighted by Crippen LogP contribution is 2.28. The normalized spacial score (nSPS) is 10.9. The molecule has 0 atom stereocenters. The fourth-order valence-electron chi connectivity index (χ4n) is 3.31. The molecule has 0 fully saturated rings. The summed E-state index contributed by atoms with van der Waals surface area (Å²) in [4.78, 5) is 24.7. The van der Waals surface area contributed by atoms with Crippen LogP contribution in [-0.2, 0) is 22.7 Å². The lowest BCUT2D eigenvalue weighted by Crippen LogP contribution is -2.22. The van der Waals surface area contributed by atoms with Gasteiger partial charge < -0.3 is 24.7 Å². The number of aromatic nitrogens is 3. The van der Waals surface area contributed by atoms with E-state index < -0.39 is 0 Å². The molecule has 0 aliphatic heterocycles. The molecule has 0 saturated heterocycles. The molecule has 11 heteroatoms. The number of hydrogen-bond acceptors (Lipinski definition) is 7. The molecule has 0 radical (unpaired) electrons. The van der Waals surface area contributed by atoms with Crippen LogP contribution in [0, 0.1) is 6.92 Å². The van der Waals surface area contributed by atoms with E-state index in [4.69, 9.17) is 21.1 Å². The van der Waals surface area contributed by atoms with Gasteiger partial charge in [0.1, 0.15) is 0 Å². The first-order chi connectivity index (χ1) is 17.3. The average molecular weight is 530 g/mol. The van der Waals surface area contributed by atoms with Crippen molar-refractivity contribution in [1.82, 2.24) is 20.1 Å². The van der Waals surface area contributed by atoms with Crippen molar-refractivity contribution in [3.8, 4) is 11.5 Å². The number of carbonyl (C=O) groups excluding carboxylic acids is 2. The first kappa shape index (κ1) is 27.1. The SMILES string of the molecule is CCn1c(CNC(=O)/C=C/c2ccc(OC)c(OC)c2)nnc1SCC(=O)Nc1ccc(Cl)cc1C. The van der Waals surface area contributed by atoms with Crippen LogP contribution in [0.1, 0.15) is 23.9 Å². The number of anilines is 1. The zero-order chi connectivity index (χ0) is 26.1. The average Bonchev–Trinajstić information content (AvgIpc) is 3.28. The number of rotatable bonds is 11. The summed E-state index contributed by atoms with van der Waals surface area (Å²) in [6.07, 6.45) is 3.12. The Hall–Kier alpha value is -3.50. The zero-order valence-electron chi connectivity index (χ0n) is 20.5. The number of ether oxygens (including phenoxy) is 2. The summed E-state index contributed by atoms with van der Waals surface area (Å²) in [5, 5.41) is 15.3. The number of halogens is 1. The lowest BCUT2D eigenvalue weighted by Gasteiger charge is -2.09. The van der Waals surface area contributed by atoms with Crippen molar-refractivity contribution in [2.45, 2.75) is 32.1 Å². The summed E-state index contributed by atoms with van der Waals surface area (Å²) in [5.74, 6) is 1.53. The maximum atomic E-state index is 12.4. The van der Waals surface area contributed by atoms with E-state index in [-0.39, 0.29) is 24.1 Å². The van der Waals surface area contributed by atoms with Gasteiger partial charge in [0.2, 0.25) is 11.8 Å². The maximum Gasteiger partial charge on any atom is 0.244 e. The van der Waals surface area contributed by atoms with Crippen molar-refractivity contribution in [2.75, 3.05) is 25.3 Å². The zero-order valence-corrected chi connectivity index (χ0v) is 22.1. The van der Waals surface area contributed by atoms with Crippen LogP contribution in [0.2, 0.25) is 5.02 Å². The number of benzene rings is 2. The number of thioether (sulfide) groups is 1. The van der Waals surface area contributed by atoms with Crippen LogP contribution in [-0.4, -0.2) is 46.6 Å². The van der Waals surface area contributed by atoms with E-state index in [2.05, 4.69) is 20.8 Å². The van der Waals surface area contributed by atoms with Gasteiger partial charge in [-0.15, -0.1) is 10.2 Å². The lowest BCUT2D eigenvalue weighted by atomic mass is 10.2. The van der Waals surface area contributed by atoms with E-state index in [1.54, 1.807) is 50.6 Å². The molecule has 2 aromatic carbocycles. The Balaban J connectivity index is 1.54. The van der Waals surface area contributed by atoms with Crippen LogP contribution in [0.15, 0.2) is 47.6 Å². The highest BCUT2D eigenvalue weighted by atomic mass is 35.5. The van der Waals surface area contributed by atoms with E-state index in [9.17, 15) is 9.59 Å². The van der Waals surface area contributed by atoms with Gasteiger partial charge in [-0.05, 0) is 61.4 Å². The molecule has 3 aromatic rings. The van der Waals surface area contributed by atoms with Crippen molar-refractivity contribution < 1.29 is 19.1 Å². The van der Waals surface area contributed by atoms with Crippen LogP contribution in [0.3, 0.4) is 0 Å². The Labute approximate surface area is 219 Å². The molecule has 2 N–H and O–H groups in total. The predicted molar refractivity (Wildman–Crippen MR) is 142 cm³/mol. The van der Waals surface area contributed by atoms with E-state index in [1.807, 2.05) is 24.5 Å². The smallest absolute Gasteiger partial charge is 0.244 e. The molecular formula is C25H28ClN5O4S. The third-order valence-corrected chi connectivity index (χ3v) is 6.36. The molecule has 1 heterocycles. The third-order valence-electron chi connectivity index (χ3n) is 5.16. The van der Waals surface area contributed by atoms with Crippen molar-refractivity contribution in [3.05, 3.63) is 64.4 Å². The van der Waals surface area contributed by atoms with E-state index in [1.165, 1.54) is 17.8 Å². The number of aryl methyl sites for hydroxylation is 1. The van der Waals surface area contributed by atoms with Crippen molar-refractivity contribution >= 4 is 46.9 Å². The molecule has 0 saturated carbocycles. The highest BCUT2D eigenvalue weighted by Gasteiger charge is 2.14. The standard InChI is InChI=1S/C25H28ClN5O4S/c1-5-31-22(14-27-23(32)11-7-17-6-10-20(34-3)21(13-17)35-4)29-30-25(31)36-15-24(33)28-19-9-8-18(26)12-16(19)2/h6-13H,5,14-15H2,1-4H3,(H,27,32)(H,28,33)/b11-7+. The number of amides is 2. The van der Waals surface area contributed by atoms with Gasteiger partial charge in [0, 0.05) is 23.3 Å². The summed E-state index contributed by atoms with van der Waals surface area (Å²) in [5.41, 5.74) is 2.40. The number of nitrogens with zero attached hydrogens (tertiary/aromatic N) is 3. The van der Waals surface area contributed by atoms with Gasteiger partial charge >= 0.3 is 0 Å². The second-order valence-corrected chi connectivity index (χ2v) is 8.98. The third kappa shape index (κ3) is 7.25. The summed E-state index contributed by atoms with van der Waals surface area (Å²) < 4.78 is 12.4. The molecule has 0 aliphatic rings. The van der Waals surface area contributed by atoms with Crippen molar-refractivity contribution in [1.29, 1.82) is 0 Å². The molecule has 0 aliphatic carbocycles. The molecule has 1 aromatic heterocycles. The van der Waals surface area contributed by atoms with Gasteiger partial charge in [0.25, 0.3) is 0 Å². The minimum atomic E-state index is -0.276. The minimum absolute atomic E-state index is 0.161. The number of nitrogens with one attached hydrogen (secondary N) is 2. The van der Waals surface area contributed by atoms with Crippen LogP contribution in [0.25, 0.3) is 6.08 Å². The molecule has 0 spiro atoms. The summed E-state index contributed by atoms with van der Waals surface area (Å²) in [7, 11) is 3.12. The minimum Gasteiger partial charge on any atom is -0.493 e. The van der Waals surface area contributed by atoms with Gasteiger partial charge in [-0.2, -0.15) is 0 Å². The molecule has 2 amide bonds. The van der Waals surface area contributed by atoms with E-state index in [0.717, 1.165) is 11.1 Å². The van der Waals surface area contributed by atoms with Gasteiger partial charge in [-0.3, -0.25) is 9.59 Å². The van der Waals surface area contributed by atoms with Gasteiger partial charge in [0.15, 0.2) is 22.5 Å². The van der Waals surface area contributed by atoms with Crippen LogP contribution in [0.4, 0.5) is 5.69 Å².